The van der Waals surface area contributed by atoms with Crippen molar-refractivity contribution in [2.75, 3.05) is 19.8 Å². The highest BCUT2D eigenvalue weighted by molar-refractivity contribution is 4.95. The van der Waals surface area contributed by atoms with E-state index in [0.29, 0.717) is 24.7 Å². The summed E-state index contributed by atoms with van der Waals surface area (Å²) >= 11 is 0. The first-order valence-electron chi connectivity index (χ1n) is 5.00. The van der Waals surface area contributed by atoms with E-state index in [9.17, 15) is 0 Å². The number of ether oxygens (including phenoxy) is 1. The van der Waals surface area contributed by atoms with Crippen LogP contribution in [0.2, 0.25) is 0 Å². The Bertz CT molecular complexity index is 281. The number of rotatable bonds is 3. The summed E-state index contributed by atoms with van der Waals surface area (Å²) in [6, 6.07) is 0. The molecule has 0 unspecified atom stereocenters. The highest BCUT2D eigenvalue weighted by Crippen LogP contribution is 2.25. The van der Waals surface area contributed by atoms with Gasteiger partial charge in [0, 0.05) is 25.6 Å². The first-order valence-corrected chi connectivity index (χ1v) is 5.00. The summed E-state index contributed by atoms with van der Waals surface area (Å²) in [7, 11) is 0. The molecule has 0 aromatic carbocycles. The van der Waals surface area contributed by atoms with Crippen molar-refractivity contribution in [3.63, 3.8) is 0 Å². The molecule has 2 rings (SSSR count). The van der Waals surface area contributed by atoms with Gasteiger partial charge in [-0.25, -0.2) is 0 Å². The Kier molecular flexibility index (Phi) is 3.10. The van der Waals surface area contributed by atoms with E-state index in [1.54, 1.807) is 0 Å². The summed E-state index contributed by atoms with van der Waals surface area (Å²) in [5, 5.41) is 3.87. The van der Waals surface area contributed by atoms with Crippen molar-refractivity contribution in [1.29, 1.82) is 0 Å². The Hall–Kier alpha value is -0.940. The molecule has 78 valence electrons. The Labute approximate surface area is 82.6 Å². The first kappa shape index (κ1) is 9.61. The molecular formula is C9H15N3O2. The average Bonchev–Trinajstić information content (AvgIpc) is 2.68. The normalized spacial score (nSPS) is 18.6. The molecule has 1 aromatic heterocycles. The van der Waals surface area contributed by atoms with Gasteiger partial charge in [-0.2, -0.15) is 4.98 Å². The molecule has 0 radical (unpaired) electrons. The quantitative estimate of drug-likeness (QED) is 0.762. The first-order chi connectivity index (χ1) is 6.90. The minimum absolute atomic E-state index is 0.378. The smallest absolute Gasteiger partial charge is 0.229 e. The van der Waals surface area contributed by atoms with Gasteiger partial charge in [0.1, 0.15) is 0 Å². The second-order valence-corrected chi connectivity index (χ2v) is 3.47. The van der Waals surface area contributed by atoms with Crippen molar-refractivity contribution in [3.8, 4) is 0 Å². The molecule has 0 spiro atoms. The van der Waals surface area contributed by atoms with Crippen molar-refractivity contribution in [1.82, 2.24) is 10.1 Å². The van der Waals surface area contributed by atoms with Crippen molar-refractivity contribution >= 4 is 0 Å². The Balaban J connectivity index is 2.00. The van der Waals surface area contributed by atoms with Gasteiger partial charge in [0.05, 0.1) is 0 Å². The third kappa shape index (κ3) is 2.10. The van der Waals surface area contributed by atoms with Crippen LogP contribution in [0.25, 0.3) is 0 Å². The van der Waals surface area contributed by atoms with Crippen LogP contribution in [0.1, 0.15) is 30.5 Å². The lowest BCUT2D eigenvalue weighted by Gasteiger charge is -2.17. The van der Waals surface area contributed by atoms with Gasteiger partial charge in [-0.05, 0) is 19.4 Å². The van der Waals surface area contributed by atoms with Gasteiger partial charge < -0.3 is 15.0 Å². The van der Waals surface area contributed by atoms with E-state index in [2.05, 4.69) is 10.1 Å². The molecule has 14 heavy (non-hydrogen) atoms. The molecule has 0 amide bonds. The van der Waals surface area contributed by atoms with Gasteiger partial charge in [-0.1, -0.05) is 5.16 Å². The van der Waals surface area contributed by atoms with Crippen LogP contribution in [0, 0.1) is 0 Å². The van der Waals surface area contributed by atoms with Crippen LogP contribution in [-0.2, 0) is 11.2 Å². The minimum Gasteiger partial charge on any atom is -0.381 e. The summed E-state index contributed by atoms with van der Waals surface area (Å²) < 4.78 is 10.5. The largest absolute Gasteiger partial charge is 0.381 e. The lowest BCUT2D eigenvalue weighted by Crippen LogP contribution is -2.14. The third-order valence-corrected chi connectivity index (χ3v) is 2.42. The Morgan fingerprint density at radius 1 is 1.36 bits per heavy atom. The molecule has 1 aliphatic rings. The zero-order chi connectivity index (χ0) is 9.80. The summed E-state index contributed by atoms with van der Waals surface area (Å²) in [5.74, 6) is 1.84. The maximum Gasteiger partial charge on any atom is 0.229 e. The Morgan fingerprint density at radius 3 is 2.86 bits per heavy atom. The van der Waals surface area contributed by atoms with Crippen LogP contribution in [-0.4, -0.2) is 29.9 Å². The molecule has 0 saturated carbocycles. The fourth-order valence-corrected chi connectivity index (χ4v) is 1.61. The zero-order valence-electron chi connectivity index (χ0n) is 8.11. The minimum atomic E-state index is 0.378. The summed E-state index contributed by atoms with van der Waals surface area (Å²) in [6.07, 6.45) is 2.64. The van der Waals surface area contributed by atoms with E-state index in [4.69, 9.17) is 15.0 Å². The van der Waals surface area contributed by atoms with E-state index >= 15 is 0 Å². The van der Waals surface area contributed by atoms with Crippen LogP contribution in [0.4, 0.5) is 0 Å². The van der Waals surface area contributed by atoms with E-state index in [1.807, 2.05) is 0 Å². The molecule has 2 N–H and O–H groups in total. The van der Waals surface area contributed by atoms with Crippen LogP contribution >= 0.6 is 0 Å². The average molecular weight is 197 g/mol. The fourth-order valence-electron chi connectivity index (χ4n) is 1.61. The molecule has 1 aliphatic heterocycles. The highest BCUT2D eigenvalue weighted by atomic mass is 16.5. The lowest BCUT2D eigenvalue weighted by atomic mass is 10.0. The van der Waals surface area contributed by atoms with E-state index < -0.39 is 0 Å². The molecule has 5 nitrogen and oxygen atoms in total. The van der Waals surface area contributed by atoms with Gasteiger partial charge in [0.25, 0.3) is 0 Å². The van der Waals surface area contributed by atoms with Gasteiger partial charge in [0.15, 0.2) is 5.82 Å². The van der Waals surface area contributed by atoms with Gasteiger partial charge >= 0.3 is 0 Å². The van der Waals surface area contributed by atoms with Gasteiger partial charge in [0.2, 0.25) is 5.89 Å². The highest BCUT2D eigenvalue weighted by Gasteiger charge is 2.21. The SMILES string of the molecule is NCCc1noc(C2CCOCC2)n1. The Morgan fingerprint density at radius 2 is 2.14 bits per heavy atom. The predicted molar refractivity (Wildman–Crippen MR) is 49.9 cm³/mol. The third-order valence-electron chi connectivity index (χ3n) is 2.42. The summed E-state index contributed by atoms with van der Waals surface area (Å²) in [6.45, 7) is 2.14. The second-order valence-electron chi connectivity index (χ2n) is 3.47. The second kappa shape index (κ2) is 4.52. The monoisotopic (exact) mass is 197 g/mol. The van der Waals surface area contributed by atoms with Gasteiger partial charge in [-0.15, -0.1) is 0 Å². The van der Waals surface area contributed by atoms with Gasteiger partial charge in [-0.3, -0.25) is 0 Å². The molecule has 5 heteroatoms. The molecule has 0 atom stereocenters. The van der Waals surface area contributed by atoms with Crippen molar-refractivity contribution in [2.45, 2.75) is 25.2 Å². The topological polar surface area (TPSA) is 74.2 Å². The number of hydrogen-bond donors (Lipinski definition) is 1. The molecule has 2 heterocycles. The number of aromatic nitrogens is 2. The standard InChI is InChI=1S/C9H15N3O2/c10-4-1-8-11-9(14-12-8)7-2-5-13-6-3-7/h7H,1-6,10H2. The molecule has 1 saturated heterocycles. The maximum atomic E-state index is 5.41. The summed E-state index contributed by atoms with van der Waals surface area (Å²) in [5.41, 5.74) is 5.41. The fraction of sp³-hybridized carbons (Fsp3) is 0.778. The molecule has 0 aliphatic carbocycles. The summed E-state index contributed by atoms with van der Waals surface area (Å²) in [4.78, 5) is 4.31. The number of nitrogens with zero attached hydrogens (tertiary/aromatic N) is 2. The van der Waals surface area contributed by atoms with Crippen molar-refractivity contribution in [2.24, 2.45) is 5.73 Å². The van der Waals surface area contributed by atoms with E-state index in [-0.39, 0.29) is 0 Å². The maximum absolute atomic E-state index is 5.41. The molecular weight excluding hydrogens is 182 g/mol. The number of nitrogens with two attached hydrogens (primary N) is 1. The van der Waals surface area contributed by atoms with Crippen LogP contribution in [0.5, 0.6) is 0 Å². The molecule has 0 bridgehead atoms. The van der Waals surface area contributed by atoms with Crippen molar-refractivity contribution < 1.29 is 9.26 Å². The molecule has 1 aromatic rings. The van der Waals surface area contributed by atoms with Crippen LogP contribution < -0.4 is 5.73 Å². The van der Waals surface area contributed by atoms with E-state index in [1.165, 1.54) is 0 Å². The van der Waals surface area contributed by atoms with E-state index in [0.717, 1.165) is 31.9 Å². The predicted octanol–water partition coefficient (Wildman–Crippen LogP) is 0.465. The number of hydrogen-bond acceptors (Lipinski definition) is 5. The van der Waals surface area contributed by atoms with Crippen LogP contribution in [0.3, 0.4) is 0 Å². The lowest BCUT2D eigenvalue weighted by molar-refractivity contribution is 0.0778. The van der Waals surface area contributed by atoms with Crippen molar-refractivity contribution in [3.05, 3.63) is 11.7 Å². The molecule has 1 fully saturated rings. The van der Waals surface area contributed by atoms with Crippen LogP contribution in [0.15, 0.2) is 4.52 Å². The zero-order valence-corrected chi connectivity index (χ0v) is 8.11.